The minimum atomic E-state index is -1.29. The van der Waals surface area contributed by atoms with E-state index >= 15 is 0 Å². The van der Waals surface area contributed by atoms with Crippen LogP contribution in [0.5, 0.6) is 5.75 Å². The number of nitrogens with two attached hydrogens (primary N) is 1. The summed E-state index contributed by atoms with van der Waals surface area (Å²) >= 11 is 0. The normalized spacial score (nSPS) is 20.9. The van der Waals surface area contributed by atoms with Crippen LogP contribution in [-0.4, -0.2) is 111 Å². The van der Waals surface area contributed by atoms with Crippen molar-refractivity contribution >= 4 is 53.2 Å². The minimum Gasteiger partial charge on any atom is -0.497 e. The van der Waals surface area contributed by atoms with Crippen LogP contribution in [0.4, 0.5) is 0 Å². The number of benzene rings is 1. The van der Waals surface area contributed by atoms with Crippen molar-refractivity contribution in [2.75, 3.05) is 39.8 Å². The van der Waals surface area contributed by atoms with Crippen molar-refractivity contribution in [3.63, 3.8) is 0 Å². The van der Waals surface area contributed by atoms with Gasteiger partial charge in [0, 0.05) is 26.3 Å². The molecular formula is C30H43N9O10. The maximum Gasteiger partial charge on any atom is 0.243 e. The predicted octanol–water partition coefficient (Wildman–Crippen LogP) is -4.65. The Kier molecular flexibility index (Phi) is 16.5. The van der Waals surface area contributed by atoms with Gasteiger partial charge in [-0.25, -0.2) is 0 Å². The van der Waals surface area contributed by atoms with Crippen molar-refractivity contribution in [2.24, 2.45) is 5.73 Å². The van der Waals surface area contributed by atoms with E-state index in [4.69, 9.17) is 10.5 Å². The maximum absolute atomic E-state index is 13.1. The SMILES string of the molecule is COc1cccc(CC2NC(=O)CNC(=O)C(NC(=O)CNC(C)=O)CCC(=O)NCCCC(C(N)=O)NC(=O)CNC(=O)CNC2=O)c1. The van der Waals surface area contributed by atoms with Gasteiger partial charge in [0.15, 0.2) is 0 Å². The summed E-state index contributed by atoms with van der Waals surface area (Å²) in [6, 6.07) is 3.05. The van der Waals surface area contributed by atoms with E-state index in [1.807, 2.05) is 0 Å². The molecule has 1 aromatic rings. The van der Waals surface area contributed by atoms with Crippen LogP contribution in [0.15, 0.2) is 24.3 Å². The fourth-order valence-electron chi connectivity index (χ4n) is 4.46. The first-order valence-electron chi connectivity index (χ1n) is 15.4. The van der Waals surface area contributed by atoms with Gasteiger partial charge in [-0.2, -0.15) is 0 Å². The maximum atomic E-state index is 13.1. The number of rotatable bonds is 7. The van der Waals surface area contributed by atoms with Crippen LogP contribution in [0.2, 0.25) is 0 Å². The summed E-state index contributed by atoms with van der Waals surface area (Å²) in [5.74, 6) is -5.90. The predicted molar refractivity (Wildman–Crippen MR) is 171 cm³/mol. The van der Waals surface area contributed by atoms with Gasteiger partial charge in [0.05, 0.1) is 33.3 Å². The first-order valence-corrected chi connectivity index (χ1v) is 15.4. The number of carbonyl (C=O) groups excluding carboxylic acids is 9. The molecular weight excluding hydrogens is 646 g/mol. The molecule has 3 atom stereocenters. The van der Waals surface area contributed by atoms with E-state index in [1.54, 1.807) is 24.3 Å². The molecule has 49 heavy (non-hydrogen) atoms. The van der Waals surface area contributed by atoms with E-state index in [0.29, 0.717) is 11.3 Å². The molecule has 3 unspecified atom stereocenters. The van der Waals surface area contributed by atoms with E-state index in [2.05, 4.69) is 42.5 Å². The number of carbonyl (C=O) groups is 9. The molecule has 9 amide bonds. The second-order valence-corrected chi connectivity index (χ2v) is 11.0. The third kappa shape index (κ3) is 15.6. The number of methoxy groups -OCH3 is 1. The zero-order valence-corrected chi connectivity index (χ0v) is 27.3. The lowest BCUT2D eigenvalue weighted by Gasteiger charge is -2.21. The van der Waals surface area contributed by atoms with E-state index in [0.717, 1.165) is 0 Å². The molecule has 0 bridgehead atoms. The molecule has 19 heteroatoms. The average Bonchev–Trinajstić information content (AvgIpc) is 3.06. The standard InChI is InChI=1S/C30H43N9O10/c1-17(40)33-14-25(43)38-21-8-9-23(41)32-10-4-7-20(28(31)46)37-26(44)15-34-24(42)13-35-30(48)22(39-27(45)16-36-29(21)47)12-18-5-3-6-19(11-18)49-2/h3,5-6,11,20-22H,4,7-10,12-16H2,1-2H3,(H2,31,46)(H,32,41)(H,33,40)(H,34,42)(H,35,48)(H,36,47)(H,37,44)(H,38,43)(H,39,45). The Morgan fingerprint density at radius 2 is 1.53 bits per heavy atom. The summed E-state index contributed by atoms with van der Waals surface area (Å²) in [5.41, 5.74) is 5.97. The number of amides is 9. The molecule has 1 heterocycles. The summed E-state index contributed by atoms with van der Waals surface area (Å²) in [6.45, 7) is -0.875. The first kappa shape index (κ1) is 39.4. The summed E-state index contributed by atoms with van der Waals surface area (Å²) in [6.07, 6.45) is -0.180. The van der Waals surface area contributed by atoms with Crippen LogP contribution in [0.1, 0.15) is 38.2 Å². The Labute approximate surface area is 281 Å². The van der Waals surface area contributed by atoms with Crippen molar-refractivity contribution in [3.05, 3.63) is 29.8 Å². The third-order valence-corrected chi connectivity index (χ3v) is 7.00. The molecule has 0 saturated carbocycles. The van der Waals surface area contributed by atoms with Gasteiger partial charge < -0.3 is 53.0 Å². The first-order chi connectivity index (χ1) is 23.3. The largest absolute Gasteiger partial charge is 0.497 e. The van der Waals surface area contributed by atoms with E-state index < -0.39 is 97.5 Å². The summed E-state index contributed by atoms with van der Waals surface area (Å²) in [7, 11) is 1.45. The van der Waals surface area contributed by atoms with Crippen LogP contribution in [0.25, 0.3) is 0 Å². The molecule has 10 N–H and O–H groups in total. The Morgan fingerprint density at radius 1 is 0.857 bits per heavy atom. The van der Waals surface area contributed by atoms with Crippen molar-refractivity contribution in [1.29, 1.82) is 0 Å². The van der Waals surface area contributed by atoms with Gasteiger partial charge in [0.1, 0.15) is 23.9 Å². The van der Waals surface area contributed by atoms with Gasteiger partial charge >= 0.3 is 0 Å². The molecule has 268 valence electrons. The number of nitrogens with one attached hydrogen (secondary N) is 8. The zero-order chi connectivity index (χ0) is 36.3. The van der Waals surface area contributed by atoms with Crippen LogP contribution in [0.3, 0.4) is 0 Å². The van der Waals surface area contributed by atoms with Gasteiger partial charge in [-0.15, -0.1) is 0 Å². The lowest BCUT2D eigenvalue weighted by molar-refractivity contribution is -0.132. The highest BCUT2D eigenvalue weighted by atomic mass is 16.5. The Bertz CT molecular complexity index is 1400. The van der Waals surface area contributed by atoms with Gasteiger partial charge in [0.25, 0.3) is 0 Å². The van der Waals surface area contributed by atoms with Gasteiger partial charge in [-0.05, 0) is 37.0 Å². The second kappa shape index (κ2) is 20.5. The summed E-state index contributed by atoms with van der Waals surface area (Å²) in [5, 5.41) is 19.3. The molecule has 0 aliphatic carbocycles. The molecule has 19 nitrogen and oxygen atoms in total. The zero-order valence-electron chi connectivity index (χ0n) is 27.3. The molecule has 2 rings (SSSR count). The topological polar surface area (TPSA) is 285 Å². The summed E-state index contributed by atoms with van der Waals surface area (Å²) < 4.78 is 5.21. The fourth-order valence-corrected chi connectivity index (χ4v) is 4.46. The van der Waals surface area contributed by atoms with Crippen molar-refractivity contribution in [2.45, 2.75) is 57.2 Å². The smallest absolute Gasteiger partial charge is 0.243 e. The van der Waals surface area contributed by atoms with Crippen LogP contribution >= 0.6 is 0 Å². The number of hydrogen-bond acceptors (Lipinski definition) is 10. The number of ether oxygens (including phenoxy) is 1. The van der Waals surface area contributed by atoms with Gasteiger partial charge in [-0.1, -0.05) is 12.1 Å². The minimum absolute atomic E-state index is 0.0435. The van der Waals surface area contributed by atoms with E-state index in [9.17, 15) is 43.2 Å². The Balaban J connectivity index is 2.26. The number of primary amides is 1. The highest BCUT2D eigenvalue weighted by molar-refractivity contribution is 5.95. The number of hydrogen-bond donors (Lipinski definition) is 9. The quantitative estimate of drug-likeness (QED) is 0.132. The molecule has 1 saturated heterocycles. The van der Waals surface area contributed by atoms with Crippen molar-refractivity contribution < 1.29 is 47.9 Å². The van der Waals surface area contributed by atoms with Crippen molar-refractivity contribution in [1.82, 2.24) is 42.5 Å². The molecule has 1 aliphatic heterocycles. The Morgan fingerprint density at radius 3 is 2.22 bits per heavy atom. The summed E-state index contributed by atoms with van der Waals surface area (Å²) in [4.78, 5) is 112. The van der Waals surface area contributed by atoms with Crippen molar-refractivity contribution in [3.8, 4) is 5.75 Å². The molecule has 1 fully saturated rings. The van der Waals surface area contributed by atoms with E-state index in [-0.39, 0.29) is 38.6 Å². The van der Waals surface area contributed by atoms with Crippen LogP contribution < -0.4 is 53.0 Å². The average molecular weight is 690 g/mol. The molecule has 1 aliphatic rings. The monoisotopic (exact) mass is 689 g/mol. The lowest BCUT2D eigenvalue weighted by Crippen LogP contribution is -2.54. The van der Waals surface area contributed by atoms with Crippen LogP contribution in [-0.2, 0) is 49.6 Å². The fraction of sp³-hybridized carbons (Fsp3) is 0.500. The molecule has 0 spiro atoms. The second-order valence-electron chi connectivity index (χ2n) is 11.0. The van der Waals surface area contributed by atoms with Gasteiger partial charge in [0.2, 0.25) is 53.2 Å². The van der Waals surface area contributed by atoms with Gasteiger partial charge in [-0.3, -0.25) is 43.2 Å². The molecule has 0 radical (unpaired) electrons. The Hall–Kier alpha value is -5.75. The molecule has 0 aromatic heterocycles. The molecule has 1 aromatic carbocycles. The lowest BCUT2D eigenvalue weighted by atomic mass is 10.0. The third-order valence-electron chi connectivity index (χ3n) is 7.00. The van der Waals surface area contributed by atoms with E-state index in [1.165, 1.54) is 14.0 Å². The highest BCUT2D eigenvalue weighted by Crippen LogP contribution is 2.14. The van der Waals surface area contributed by atoms with Crippen LogP contribution in [0, 0.1) is 0 Å². The highest BCUT2D eigenvalue weighted by Gasteiger charge is 2.26.